The van der Waals surface area contributed by atoms with Crippen LogP contribution in [0.2, 0.25) is 0 Å². The topological polar surface area (TPSA) is 32.3 Å². The molecule has 0 rings (SSSR count). The van der Waals surface area contributed by atoms with Crippen molar-refractivity contribution in [2.45, 2.75) is 0 Å². The lowest BCUT2D eigenvalue weighted by molar-refractivity contribution is 0.267. The van der Waals surface area contributed by atoms with Gasteiger partial charge in [0.25, 0.3) is 0 Å². The molecular weight excluding hydrogens is 78.0 g/mol. The molecule has 0 radical (unpaired) electrons. The number of rotatable bonds is 3. The van der Waals surface area contributed by atoms with Gasteiger partial charge in [0.1, 0.15) is 0 Å². The lowest BCUT2D eigenvalue weighted by Gasteiger charge is -1.87. The first-order valence-electron chi connectivity index (χ1n) is 1.84. The molecule has 0 aromatic carbocycles. The maximum Gasteiger partial charge on any atom is 0.0933 e. The minimum atomic E-state index is 0.0337. The first-order valence-corrected chi connectivity index (χ1v) is 1.84. The van der Waals surface area contributed by atoms with Crippen molar-refractivity contribution in [3.63, 3.8) is 0 Å². The Labute approximate surface area is 37.5 Å². The van der Waals surface area contributed by atoms with Gasteiger partial charge < -0.3 is 5.11 Å². The van der Waals surface area contributed by atoms with Crippen LogP contribution in [0.4, 0.5) is 0 Å². The minimum Gasteiger partial charge on any atom is -0.381 e. The highest BCUT2D eigenvalue weighted by Crippen LogP contribution is 1.52. The average Bonchev–Trinajstić information content (AvgIpc) is 1.61. The number of aliphatic hydroxyl groups is 1. The zero-order valence-electron chi connectivity index (χ0n) is 3.65. The van der Waals surface area contributed by atoms with E-state index in [-0.39, 0.29) is 6.73 Å². The van der Waals surface area contributed by atoms with Crippen LogP contribution >= 0.6 is 0 Å². The summed E-state index contributed by atoms with van der Waals surface area (Å²) >= 11 is 0. The summed E-state index contributed by atoms with van der Waals surface area (Å²) in [4.78, 5) is 0. The summed E-state index contributed by atoms with van der Waals surface area (Å²) in [5.41, 5.74) is 0. The van der Waals surface area contributed by atoms with Gasteiger partial charge in [-0.25, -0.2) is 0 Å². The van der Waals surface area contributed by atoms with Crippen LogP contribution in [-0.4, -0.2) is 18.4 Å². The van der Waals surface area contributed by atoms with Crippen LogP contribution < -0.4 is 5.32 Å². The molecule has 0 aliphatic rings. The van der Waals surface area contributed by atoms with Gasteiger partial charge in [0.15, 0.2) is 0 Å². The Morgan fingerprint density at radius 2 is 2.50 bits per heavy atom. The Morgan fingerprint density at radius 1 is 1.83 bits per heavy atom. The van der Waals surface area contributed by atoms with E-state index in [9.17, 15) is 0 Å². The largest absolute Gasteiger partial charge is 0.381 e. The van der Waals surface area contributed by atoms with Crippen molar-refractivity contribution in [1.29, 1.82) is 0 Å². The van der Waals surface area contributed by atoms with Crippen molar-refractivity contribution in [3.8, 4) is 0 Å². The average molecular weight is 87.1 g/mol. The third-order valence-corrected chi connectivity index (χ3v) is 0.400. The highest BCUT2D eigenvalue weighted by atomic mass is 16.3. The number of hydrogen-bond acceptors (Lipinski definition) is 2. The molecule has 0 bridgehead atoms. The second kappa shape index (κ2) is 4.66. The summed E-state index contributed by atoms with van der Waals surface area (Å²) in [6.45, 7) is 4.14. The molecule has 0 atom stereocenters. The number of nitrogens with one attached hydrogen (secondary N) is 1. The van der Waals surface area contributed by atoms with Crippen molar-refractivity contribution >= 4 is 0 Å². The molecule has 0 aromatic rings. The predicted octanol–water partition coefficient (Wildman–Crippen LogP) is -0.288. The lowest BCUT2D eigenvalue weighted by Crippen LogP contribution is -2.13. The second-order valence-electron chi connectivity index (χ2n) is 0.901. The van der Waals surface area contributed by atoms with E-state index < -0.39 is 0 Å². The Bertz CT molecular complexity index is 36.5. The van der Waals surface area contributed by atoms with Crippen molar-refractivity contribution in [2.24, 2.45) is 0 Å². The molecule has 2 nitrogen and oxygen atoms in total. The highest BCUT2D eigenvalue weighted by molar-refractivity contribution is 4.67. The van der Waals surface area contributed by atoms with Crippen LogP contribution in [0.3, 0.4) is 0 Å². The summed E-state index contributed by atoms with van der Waals surface area (Å²) in [6.07, 6.45) is 1.69. The molecule has 6 heavy (non-hydrogen) atoms. The van der Waals surface area contributed by atoms with Crippen molar-refractivity contribution < 1.29 is 5.11 Å². The third-order valence-electron chi connectivity index (χ3n) is 0.400. The maximum absolute atomic E-state index is 8.04. The first kappa shape index (κ1) is 5.66. The van der Waals surface area contributed by atoms with E-state index >= 15 is 0 Å². The molecule has 0 saturated carbocycles. The molecule has 0 spiro atoms. The van der Waals surface area contributed by atoms with Gasteiger partial charge in [-0.1, -0.05) is 6.08 Å². The van der Waals surface area contributed by atoms with Crippen LogP contribution in [0.15, 0.2) is 12.7 Å². The molecule has 2 heteroatoms. The van der Waals surface area contributed by atoms with E-state index in [0.29, 0.717) is 6.54 Å². The fraction of sp³-hybridized carbons (Fsp3) is 0.500. The Balaban J connectivity index is 2.49. The van der Waals surface area contributed by atoms with Crippen LogP contribution in [-0.2, 0) is 0 Å². The fourth-order valence-corrected chi connectivity index (χ4v) is 0.167. The van der Waals surface area contributed by atoms with Crippen molar-refractivity contribution in [1.82, 2.24) is 5.32 Å². The molecule has 0 unspecified atom stereocenters. The SMILES string of the molecule is C=CCNCO. The molecule has 0 saturated heterocycles. The number of hydrogen-bond donors (Lipinski definition) is 2. The van der Waals surface area contributed by atoms with E-state index in [1.807, 2.05) is 0 Å². The van der Waals surface area contributed by atoms with Gasteiger partial charge in [-0.15, -0.1) is 6.58 Å². The van der Waals surface area contributed by atoms with E-state index in [1.165, 1.54) is 0 Å². The molecule has 0 aromatic heterocycles. The van der Waals surface area contributed by atoms with E-state index in [1.54, 1.807) is 6.08 Å². The summed E-state index contributed by atoms with van der Waals surface area (Å²) in [5.74, 6) is 0. The normalized spacial score (nSPS) is 8.17. The predicted molar refractivity (Wildman–Crippen MR) is 25.3 cm³/mol. The van der Waals surface area contributed by atoms with E-state index in [4.69, 9.17) is 5.11 Å². The minimum absolute atomic E-state index is 0.0337. The van der Waals surface area contributed by atoms with Crippen LogP contribution in [0.1, 0.15) is 0 Å². The molecule has 0 fully saturated rings. The molecular formula is C4H9NO. The van der Waals surface area contributed by atoms with Crippen molar-refractivity contribution in [2.75, 3.05) is 13.3 Å². The first-order chi connectivity index (χ1) is 2.91. The van der Waals surface area contributed by atoms with Gasteiger partial charge >= 0.3 is 0 Å². The summed E-state index contributed by atoms with van der Waals surface area (Å²) in [6, 6.07) is 0. The van der Waals surface area contributed by atoms with Gasteiger partial charge in [0, 0.05) is 6.54 Å². The third kappa shape index (κ3) is 3.66. The molecule has 36 valence electrons. The van der Waals surface area contributed by atoms with Crippen LogP contribution in [0, 0.1) is 0 Å². The number of aliphatic hydroxyl groups excluding tert-OH is 1. The Kier molecular flexibility index (Phi) is 4.40. The van der Waals surface area contributed by atoms with Gasteiger partial charge in [0.2, 0.25) is 0 Å². The van der Waals surface area contributed by atoms with Gasteiger partial charge in [-0.05, 0) is 0 Å². The van der Waals surface area contributed by atoms with E-state index in [2.05, 4.69) is 11.9 Å². The fourth-order valence-electron chi connectivity index (χ4n) is 0.167. The highest BCUT2D eigenvalue weighted by Gasteiger charge is 1.67. The molecule has 0 heterocycles. The molecule has 0 aliphatic heterocycles. The van der Waals surface area contributed by atoms with Crippen LogP contribution in [0.5, 0.6) is 0 Å². The second-order valence-corrected chi connectivity index (χ2v) is 0.901. The zero-order chi connectivity index (χ0) is 4.83. The van der Waals surface area contributed by atoms with Gasteiger partial charge in [-0.2, -0.15) is 0 Å². The van der Waals surface area contributed by atoms with Gasteiger partial charge in [0.05, 0.1) is 6.73 Å². The lowest BCUT2D eigenvalue weighted by atomic mass is 10.6. The van der Waals surface area contributed by atoms with Crippen molar-refractivity contribution in [3.05, 3.63) is 12.7 Å². The quantitative estimate of drug-likeness (QED) is 0.282. The standard InChI is InChI=1S/C4H9NO/c1-2-3-5-4-6/h2,5-6H,1,3-4H2. The molecule has 2 N–H and O–H groups in total. The molecule has 0 aliphatic carbocycles. The molecule has 0 amide bonds. The summed E-state index contributed by atoms with van der Waals surface area (Å²) in [7, 11) is 0. The Morgan fingerprint density at radius 3 is 2.67 bits per heavy atom. The smallest absolute Gasteiger partial charge is 0.0933 e. The zero-order valence-corrected chi connectivity index (χ0v) is 3.65. The monoisotopic (exact) mass is 87.1 g/mol. The van der Waals surface area contributed by atoms with Gasteiger partial charge in [-0.3, -0.25) is 5.32 Å². The maximum atomic E-state index is 8.04. The Hall–Kier alpha value is -0.340. The van der Waals surface area contributed by atoms with E-state index in [0.717, 1.165) is 0 Å². The summed E-state index contributed by atoms with van der Waals surface area (Å²) < 4.78 is 0. The van der Waals surface area contributed by atoms with Crippen LogP contribution in [0.25, 0.3) is 0 Å². The summed E-state index contributed by atoms with van der Waals surface area (Å²) in [5, 5.41) is 10.7.